The molecule has 0 spiro atoms. The van der Waals surface area contributed by atoms with Crippen LogP contribution < -0.4 is 0 Å². The summed E-state index contributed by atoms with van der Waals surface area (Å²) in [5.74, 6) is 0.946. The molecule has 0 bridgehead atoms. The highest BCUT2D eigenvalue weighted by atomic mass is 15.2. The molecule has 2 heteroatoms. The van der Waals surface area contributed by atoms with E-state index < -0.39 is 0 Å². The average Bonchev–Trinajstić information content (AvgIpc) is 3.00. The Morgan fingerprint density at radius 3 is 3.17 bits per heavy atom. The molecule has 2 fully saturated rings. The summed E-state index contributed by atoms with van der Waals surface area (Å²) in [7, 11) is 0. The summed E-state index contributed by atoms with van der Waals surface area (Å²) in [5.41, 5.74) is 5.30. The zero-order chi connectivity index (χ0) is 12.2. The molecule has 2 heterocycles. The normalized spacial score (nSPS) is 38.5. The van der Waals surface area contributed by atoms with Crippen molar-refractivity contribution in [1.29, 1.82) is 0 Å². The van der Waals surface area contributed by atoms with Gasteiger partial charge in [-0.15, -0.1) is 0 Å². The first kappa shape index (κ1) is 11.0. The van der Waals surface area contributed by atoms with Crippen LogP contribution in [0.5, 0.6) is 0 Å². The zero-order valence-electron chi connectivity index (χ0n) is 11.3. The van der Waals surface area contributed by atoms with Crippen molar-refractivity contribution in [2.75, 3.05) is 19.6 Å². The molecular weight excluding hydrogens is 220 g/mol. The molecule has 4 rings (SSSR count). The fraction of sp³-hybridized carbons (Fsp3) is 0.688. The lowest BCUT2D eigenvalue weighted by atomic mass is 9.80. The predicted octanol–water partition coefficient (Wildman–Crippen LogP) is 3.17. The molecule has 1 saturated heterocycles. The van der Waals surface area contributed by atoms with Crippen molar-refractivity contribution in [3.63, 3.8) is 0 Å². The molecule has 0 aromatic carbocycles. The summed E-state index contributed by atoms with van der Waals surface area (Å²) in [5, 5.41) is 0. The maximum absolute atomic E-state index is 4.66. The number of hydrogen-bond donors (Lipinski definition) is 0. The van der Waals surface area contributed by atoms with Gasteiger partial charge in [0.2, 0.25) is 0 Å². The molecule has 96 valence electrons. The summed E-state index contributed by atoms with van der Waals surface area (Å²) in [4.78, 5) is 7.30. The Morgan fingerprint density at radius 2 is 2.33 bits per heavy atom. The molecule has 4 aliphatic rings. The summed E-state index contributed by atoms with van der Waals surface area (Å²) >= 11 is 0. The Morgan fingerprint density at radius 1 is 1.39 bits per heavy atom. The lowest BCUT2D eigenvalue weighted by Gasteiger charge is -2.28. The van der Waals surface area contributed by atoms with E-state index in [4.69, 9.17) is 0 Å². The van der Waals surface area contributed by atoms with Gasteiger partial charge in [-0.3, -0.25) is 4.99 Å². The largest absolute Gasteiger partial charge is 0.302 e. The standard InChI is InChI=1S/C16H22N2/c1-2-18-10-12-9-16(12,11-18)14-6-3-7-15-13(14)5-4-8-17-15/h6,8,12H,2-5,7,9-11H2,1H3. The van der Waals surface area contributed by atoms with Crippen molar-refractivity contribution in [3.05, 3.63) is 22.9 Å². The molecule has 0 radical (unpaired) electrons. The highest BCUT2D eigenvalue weighted by molar-refractivity contribution is 5.64. The van der Waals surface area contributed by atoms with Gasteiger partial charge in [-0.1, -0.05) is 13.0 Å². The van der Waals surface area contributed by atoms with Crippen LogP contribution in [0.1, 0.15) is 39.0 Å². The molecule has 2 unspecified atom stereocenters. The Kier molecular flexibility index (Phi) is 2.32. The summed E-state index contributed by atoms with van der Waals surface area (Å²) in [6.45, 7) is 6.15. The first-order valence-corrected chi connectivity index (χ1v) is 7.51. The van der Waals surface area contributed by atoms with E-state index in [1.807, 2.05) is 0 Å². The number of hydrogen-bond acceptors (Lipinski definition) is 2. The minimum Gasteiger partial charge on any atom is -0.302 e. The Hall–Kier alpha value is -0.890. The highest BCUT2D eigenvalue weighted by Gasteiger charge is 2.61. The van der Waals surface area contributed by atoms with Crippen molar-refractivity contribution >= 4 is 6.21 Å². The van der Waals surface area contributed by atoms with Crippen molar-refractivity contribution < 1.29 is 0 Å². The van der Waals surface area contributed by atoms with Gasteiger partial charge in [0, 0.05) is 30.4 Å². The average molecular weight is 242 g/mol. The second-order valence-electron chi connectivity index (χ2n) is 6.32. The Bertz CT molecular complexity index is 471. The van der Waals surface area contributed by atoms with Crippen molar-refractivity contribution in [2.24, 2.45) is 16.3 Å². The van der Waals surface area contributed by atoms with Crippen molar-refractivity contribution in [3.8, 4) is 0 Å². The molecular formula is C16H22N2. The van der Waals surface area contributed by atoms with Crippen LogP contribution in [0, 0.1) is 11.3 Å². The van der Waals surface area contributed by atoms with E-state index in [0.717, 1.165) is 12.3 Å². The fourth-order valence-electron chi connectivity index (χ4n) is 4.34. The maximum atomic E-state index is 4.66. The van der Waals surface area contributed by atoms with Gasteiger partial charge in [0.15, 0.2) is 0 Å². The Labute approximate surface area is 109 Å². The number of allylic oxidation sites excluding steroid dienone is 3. The van der Waals surface area contributed by atoms with E-state index in [1.165, 1.54) is 51.0 Å². The van der Waals surface area contributed by atoms with Crippen LogP contribution in [0.2, 0.25) is 0 Å². The van der Waals surface area contributed by atoms with Gasteiger partial charge >= 0.3 is 0 Å². The third kappa shape index (κ3) is 1.41. The molecule has 18 heavy (non-hydrogen) atoms. The molecule has 0 N–H and O–H groups in total. The maximum Gasteiger partial charge on any atom is 0.0437 e. The minimum absolute atomic E-state index is 0.546. The van der Waals surface area contributed by atoms with Crippen LogP contribution >= 0.6 is 0 Å². The van der Waals surface area contributed by atoms with Gasteiger partial charge in [-0.2, -0.15) is 0 Å². The molecule has 0 amide bonds. The van der Waals surface area contributed by atoms with E-state index in [0.29, 0.717) is 5.41 Å². The second-order valence-corrected chi connectivity index (χ2v) is 6.32. The first-order valence-electron chi connectivity index (χ1n) is 7.51. The van der Waals surface area contributed by atoms with Gasteiger partial charge in [0.25, 0.3) is 0 Å². The van der Waals surface area contributed by atoms with E-state index in [1.54, 1.807) is 11.1 Å². The van der Waals surface area contributed by atoms with Crippen LogP contribution in [-0.2, 0) is 0 Å². The topological polar surface area (TPSA) is 15.6 Å². The molecule has 2 aliphatic heterocycles. The smallest absolute Gasteiger partial charge is 0.0437 e. The SMILES string of the molecule is CCN1CC2CC2(C2=CCCC3=C2CCC=N3)C1. The predicted molar refractivity (Wildman–Crippen MR) is 74.7 cm³/mol. The van der Waals surface area contributed by atoms with E-state index in [2.05, 4.69) is 29.1 Å². The highest BCUT2D eigenvalue weighted by Crippen LogP contribution is 2.65. The number of rotatable bonds is 2. The van der Waals surface area contributed by atoms with E-state index in [-0.39, 0.29) is 0 Å². The monoisotopic (exact) mass is 242 g/mol. The van der Waals surface area contributed by atoms with Gasteiger partial charge < -0.3 is 4.90 Å². The lowest BCUT2D eigenvalue weighted by molar-refractivity contribution is 0.306. The number of likely N-dealkylation sites (tertiary alicyclic amines) is 1. The molecule has 2 aliphatic carbocycles. The summed E-state index contributed by atoms with van der Waals surface area (Å²) in [6.07, 6.45) is 10.9. The number of piperidine rings is 1. The third-order valence-corrected chi connectivity index (χ3v) is 5.37. The molecule has 2 atom stereocenters. The van der Waals surface area contributed by atoms with Crippen LogP contribution in [0.3, 0.4) is 0 Å². The molecule has 1 saturated carbocycles. The van der Waals surface area contributed by atoms with Crippen LogP contribution in [0.4, 0.5) is 0 Å². The fourth-order valence-corrected chi connectivity index (χ4v) is 4.34. The third-order valence-electron chi connectivity index (χ3n) is 5.37. The molecule has 2 nitrogen and oxygen atoms in total. The first-order chi connectivity index (χ1) is 8.83. The molecule has 0 aromatic rings. The van der Waals surface area contributed by atoms with Crippen LogP contribution in [-0.4, -0.2) is 30.7 Å². The summed E-state index contributed by atoms with van der Waals surface area (Å²) < 4.78 is 0. The quantitative estimate of drug-likeness (QED) is 0.726. The number of nitrogens with zero attached hydrogens (tertiary/aromatic N) is 2. The summed E-state index contributed by atoms with van der Waals surface area (Å²) in [6, 6.07) is 0. The Balaban J connectivity index is 1.68. The second kappa shape index (κ2) is 3.80. The van der Waals surface area contributed by atoms with Gasteiger partial charge in [0.1, 0.15) is 0 Å². The van der Waals surface area contributed by atoms with Gasteiger partial charge in [-0.25, -0.2) is 0 Å². The number of fused-ring (bicyclic) bond motifs is 1. The van der Waals surface area contributed by atoms with Gasteiger partial charge in [-0.05, 0) is 55.7 Å². The number of aliphatic imine (C=N–C) groups is 1. The van der Waals surface area contributed by atoms with E-state index >= 15 is 0 Å². The van der Waals surface area contributed by atoms with Crippen molar-refractivity contribution in [2.45, 2.75) is 39.0 Å². The van der Waals surface area contributed by atoms with Crippen LogP contribution in [0.15, 0.2) is 27.9 Å². The van der Waals surface area contributed by atoms with Gasteiger partial charge in [0.05, 0.1) is 0 Å². The van der Waals surface area contributed by atoms with E-state index in [9.17, 15) is 0 Å². The lowest BCUT2D eigenvalue weighted by Crippen LogP contribution is -2.26. The minimum atomic E-state index is 0.546. The zero-order valence-corrected chi connectivity index (χ0v) is 11.3. The van der Waals surface area contributed by atoms with Crippen molar-refractivity contribution in [1.82, 2.24) is 4.90 Å². The van der Waals surface area contributed by atoms with Crippen LogP contribution in [0.25, 0.3) is 0 Å². The molecule has 0 aromatic heterocycles.